The Balaban J connectivity index is 1.36. The number of likely N-dealkylation sites (tertiary alicyclic amines) is 2. The molecule has 1 aromatic rings. The van der Waals surface area contributed by atoms with Crippen molar-refractivity contribution in [3.8, 4) is 0 Å². The van der Waals surface area contributed by atoms with Crippen LogP contribution >= 0.6 is 0 Å². The average Bonchev–Trinajstić information content (AvgIpc) is 3.10. The third kappa shape index (κ3) is 2.76. The molecule has 0 radical (unpaired) electrons. The van der Waals surface area contributed by atoms with Crippen molar-refractivity contribution >= 4 is 11.8 Å². The number of piperidine rings is 1. The molecule has 0 N–H and O–H groups in total. The highest BCUT2D eigenvalue weighted by molar-refractivity contribution is 5.84. The van der Waals surface area contributed by atoms with Gasteiger partial charge in [-0.2, -0.15) is 0 Å². The predicted octanol–water partition coefficient (Wildman–Crippen LogP) is 2.56. The molecule has 2 amide bonds. The summed E-state index contributed by atoms with van der Waals surface area (Å²) in [4.78, 5) is 29.1. The highest BCUT2D eigenvalue weighted by atomic mass is 19.1. The molecule has 4 aliphatic rings. The highest BCUT2D eigenvalue weighted by Crippen LogP contribution is 2.50. The Hall–Kier alpha value is -1.95. The van der Waals surface area contributed by atoms with E-state index < -0.39 is 23.8 Å². The summed E-state index contributed by atoms with van der Waals surface area (Å²) in [6, 6.07) is 8.00. The van der Waals surface area contributed by atoms with E-state index in [0.717, 1.165) is 37.1 Å². The van der Waals surface area contributed by atoms with Gasteiger partial charge in [-0.25, -0.2) is 4.39 Å². The lowest BCUT2D eigenvalue weighted by Crippen LogP contribution is -2.46. The summed E-state index contributed by atoms with van der Waals surface area (Å²) in [7, 11) is 0. The Labute approximate surface area is 158 Å². The molecule has 6 heteroatoms. The third-order valence-corrected chi connectivity index (χ3v) is 6.63. The van der Waals surface area contributed by atoms with Crippen molar-refractivity contribution in [3.63, 3.8) is 0 Å². The van der Waals surface area contributed by atoms with Gasteiger partial charge in [-0.1, -0.05) is 24.3 Å². The number of nitrogens with zero attached hydrogens (tertiary/aromatic N) is 2. The highest BCUT2D eigenvalue weighted by Gasteiger charge is 2.52. The lowest BCUT2D eigenvalue weighted by atomic mass is 9.83. The summed E-state index contributed by atoms with van der Waals surface area (Å²) in [6.07, 6.45) is 2.29. The summed E-state index contributed by atoms with van der Waals surface area (Å²) in [5.41, 5.74) is 1.55. The van der Waals surface area contributed by atoms with E-state index in [-0.39, 0.29) is 11.8 Å². The molecule has 2 saturated heterocycles. The van der Waals surface area contributed by atoms with E-state index in [1.165, 1.54) is 0 Å². The number of carbonyl (C=O) groups is 2. The second kappa shape index (κ2) is 6.30. The van der Waals surface area contributed by atoms with Gasteiger partial charge in [0.05, 0.1) is 11.5 Å². The van der Waals surface area contributed by atoms with Crippen LogP contribution in [-0.4, -0.2) is 54.0 Å². The van der Waals surface area contributed by atoms with Crippen LogP contribution in [0.4, 0.5) is 4.39 Å². The first-order valence-corrected chi connectivity index (χ1v) is 10.1. The first-order chi connectivity index (χ1) is 13.1. The van der Waals surface area contributed by atoms with Crippen molar-refractivity contribution < 1.29 is 18.7 Å². The van der Waals surface area contributed by atoms with Crippen molar-refractivity contribution in [2.75, 3.05) is 26.2 Å². The van der Waals surface area contributed by atoms with Crippen LogP contribution in [0.5, 0.6) is 0 Å². The van der Waals surface area contributed by atoms with Gasteiger partial charge in [0.15, 0.2) is 6.10 Å². The molecular formula is C21H25FN2O3. The zero-order chi connectivity index (χ0) is 18.6. The quantitative estimate of drug-likeness (QED) is 0.802. The molecule has 27 heavy (non-hydrogen) atoms. The third-order valence-electron chi connectivity index (χ3n) is 6.63. The topological polar surface area (TPSA) is 49.9 Å². The molecular weight excluding hydrogens is 347 g/mol. The van der Waals surface area contributed by atoms with Gasteiger partial charge < -0.3 is 14.5 Å². The van der Waals surface area contributed by atoms with Gasteiger partial charge in [0.1, 0.15) is 6.17 Å². The molecule has 1 spiro atoms. The molecule has 5 rings (SSSR count). The van der Waals surface area contributed by atoms with Gasteiger partial charge in [0, 0.05) is 26.2 Å². The Bertz CT molecular complexity index is 768. The minimum absolute atomic E-state index is 0.0617. The van der Waals surface area contributed by atoms with Gasteiger partial charge in [0.25, 0.3) is 5.91 Å². The number of fused-ring (bicyclic) bond motifs is 2. The zero-order valence-corrected chi connectivity index (χ0v) is 15.4. The molecule has 3 atom stereocenters. The maximum atomic E-state index is 13.2. The Morgan fingerprint density at radius 2 is 1.63 bits per heavy atom. The first kappa shape index (κ1) is 17.2. The van der Waals surface area contributed by atoms with Crippen molar-refractivity contribution in [1.29, 1.82) is 0 Å². The smallest absolute Gasteiger partial charge is 0.256 e. The lowest BCUT2D eigenvalue weighted by molar-refractivity contribution is -0.162. The summed E-state index contributed by atoms with van der Waals surface area (Å²) in [5, 5.41) is 0. The summed E-state index contributed by atoms with van der Waals surface area (Å²) in [5.74, 6) is -0.428. The number of benzene rings is 1. The van der Waals surface area contributed by atoms with E-state index in [0.29, 0.717) is 32.4 Å². The van der Waals surface area contributed by atoms with Crippen molar-refractivity contribution in [1.82, 2.24) is 9.80 Å². The van der Waals surface area contributed by atoms with Gasteiger partial charge >= 0.3 is 0 Å². The maximum absolute atomic E-state index is 13.2. The molecule has 1 aromatic carbocycles. The van der Waals surface area contributed by atoms with Crippen LogP contribution < -0.4 is 0 Å². The van der Waals surface area contributed by atoms with Crippen molar-refractivity contribution in [3.05, 3.63) is 35.4 Å². The van der Waals surface area contributed by atoms with E-state index in [1.54, 1.807) is 4.90 Å². The van der Waals surface area contributed by atoms with Crippen molar-refractivity contribution in [2.45, 2.75) is 50.0 Å². The summed E-state index contributed by atoms with van der Waals surface area (Å²) in [6.45, 7) is 2.73. The Morgan fingerprint density at radius 1 is 1.00 bits per heavy atom. The minimum atomic E-state index is -0.959. The number of carbonyl (C=O) groups excluding carboxylic acids is 2. The van der Waals surface area contributed by atoms with Gasteiger partial charge in [0.2, 0.25) is 5.91 Å². The number of halogens is 1. The molecule has 3 fully saturated rings. The molecule has 3 aliphatic heterocycles. The number of ether oxygens (including phenoxy) is 1. The monoisotopic (exact) mass is 372 g/mol. The maximum Gasteiger partial charge on any atom is 0.256 e. The van der Waals surface area contributed by atoms with Crippen LogP contribution in [0, 0.1) is 5.92 Å². The fraction of sp³-hybridized carbons (Fsp3) is 0.619. The predicted molar refractivity (Wildman–Crippen MR) is 96.6 cm³/mol. The molecule has 3 heterocycles. The zero-order valence-electron chi connectivity index (χ0n) is 15.4. The van der Waals surface area contributed by atoms with E-state index in [2.05, 4.69) is 6.07 Å². The van der Waals surface area contributed by atoms with Crippen LogP contribution in [0.2, 0.25) is 0 Å². The second-order valence-corrected chi connectivity index (χ2v) is 8.30. The number of hydrogen-bond acceptors (Lipinski definition) is 3. The number of amides is 2. The van der Waals surface area contributed by atoms with E-state index in [1.807, 2.05) is 23.1 Å². The molecule has 5 nitrogen and oxygen atoms in total. The molecule has 1 saturated carbocycles. The Morgan fingerprint density at radius 3 is 2.30 bits per heavy atom. The largest absolute Gasteiger partial charge is 0.352 e. The van der Waals surface area contributed by atoms with Crippen LogP contribution in [-0.2, 0) is 19.9 Å². The minimum Gasteiger partial charge on any atom is -0.352 e. The van der Waals surface area contributed by atoms with E-state index in [4.69, 9.17) is 4.74 Å². The van der Waals surface area contributed by atoms with Crippen LogP contribution in [0.1, 0.15) is 49.3 Å². The fourth-order valence-electron chi connectivity index (χ4n) is 4.91. The number of rotatable bonds is 2. The van der Waals surface area contributed by atoms with Gasteiger partial charge in [-0.3, -0.25) is 9.59 Å². The Kier molecular flexibility index (Phi) is 4.00. The average molecular weight is 372 g/mol. The van der Waals surface area contributed by atoms with Crippen LogP contribution in [0.3, 0.4) is 0 Å². The molecule has 0 aromatic heterocycles. The second-order valence-electron chi connectivity index (χ2n) is 8.30. The van der Waals surface area contributed by atoms with Crippen molar-refractivity contribution in [2.24, 2.45) is 5.92 Å². The summed E-state index contributed by atoms with van der Waals surface area (Å²) >= 11 is 0. The van der Waals surface area contributed by atoms with E-state index >= 15 is 0 Å². The number of hydrogen-bond donors (Lipinski definition) is 0. The standard InChI is InChI=1S/C21H25FN2O3/c22-17-13-15(17)19(25)24-11-7-21(8-12-24)16-6-2-1-5-14(16)18(27-21)20(26)23-9-3-4-10-23/h1-2,5-6,15,17-18H,3-4,7-13H2/t15-,17-,18?/m1/s1. The molecule has 144 valence electrons. The van der Waals surface area contributed by atoms with Gasteiger partial charge in [-0.15, -0.1) is 0 Å². The van der Waals surface area contributed by atoms with Crippen LogP contribution in [0.15, 0.2) is 24.3 Å². The molecule has 1 unspecified atom stereocenters. The fourth-order valence-corrected chi connectivity index (χ4v) is 4.91. The lowest BCUT2D eigenvalue weighted by Gasteiger charge is -2.40. The van der Waals surface area contributed by atoms with Gasteiger partial charge in [-0.05, 0) is 43.2 Å². The molecule has 1 aliphatic carbocycles. The normalized spacial score (nSPS) is 31.2. The first-order valence-electron chi connectivity index (χ1n) is 10.1. The summed E-state index contributed by atoms with van der Waals surface area (Å²) < 4.78 is 19.7. The SMILES string of the molecule is O=C(C1OC2(CCN(C(=O)[C@@H]3C[C@H]3F)CC2)c2ccccc21)N1CCCC1. The number of alkyl halides is 1. The molecule has 0 bridgehead atoms. The van der Waals surface area contributed by atoms with Crippen LogP contribution in [0.25, 0.3) is 0 Å². The van der Waals surface area contributed by atoms with E-state index in [9.17, 15) is 14.0 Å².